The van der Waals surface area contributed by atoms with Gasteiger partial charge in [0, 0.05) is 19.7 Å². The Morgan fingerprint density at radius 3 is 2.94 bits per heavy atom. The van der Waals surface area contributed by atoms with Crippen molar-refractivity contribution in [2.75, 3.05) is 32.9 Å². The van der Waals surface area contributed by atoms with Crippen molar-refractivity contribution < 1.29 is 14.3 Å². The third kappa shape index (κ3) is 2.93. The predicted molar refractivity (Wildman–Crippen MR) is 59.0 cm³/mol. The van der Waals surface area contributed by atoms with Crippen molar-refractivity contribution in [3.8, 4) is 0 Å². The number of hydrogen-bond donors (Lipinski definition) is 1. The van der Waals surface area contributed by atoms with Crippen molar-refractivity contribution in [3.63, 3.8) is 0 Å². The summed E-state index contributed by atoms with van der Waals surface area (Å²) in [5.74, 6) is -0.296. The van der Waals surface area contributed by atoms with Crippen molar-refractivity contribution in [1.82, 2.24) is 4.90 Å². The van der Waals surface area contributed by atoms with E-state index in [-0.39, 0.29) is 18.1 Å². The molecule has 2 fully saturated rings. The molecule has 2 unspecified atom stereocenters. The summed E-state index contributed by atoms with van der Waals surface area (Å²) in [5.41, 5.74) is 5.36. The van der Waals surface area contributed by atoms with E-state index in [0.717, 1.165) is 32.5 Å². The first-order valence-electron chi connectivity index (χ1n) is 6.00. The molecule has 0 aliphatic carbocycles. The number of carbonyl (C=O) groups excluding carboxylic acids is 1. The van der Waals surface area contributed by atoms with Gasteiger partial charge in [0.05, 0.1) is 19.3 Å². The Balaban J connectivity index is 1.87. The highest BCUT2D eigenvalue weighted by Crippen LogP contribution is 2.16. The summed E-state index contributed by atoms with van der Waals surface area (Å²) < 4.78 is 11.0. The molecule has 5 heteroatoms. The molecule has 2 rings (SSSR count). The van der Waals surface area contributed by atoms with Crippen LogP contribution in [0.25, 0.3) is 0 Å². The highest BCUT2D eigenvalue weighted by molar-refractivity contribution is 5.80. The molecular formula is C11H20N2O3. The minimum Gasteiger partial charge on any atom is -0.378 e. The third-order valence-electron chi connectivity index (χ3n) is 3.28. The first-order valence-corrected chi connectivity index (χ1v) is 6.00. The minimum atomic E-state index is -0.296. The zero-order valence-electron chi connectivity index (χ0n) is 9.56. The SMILES string of the molecule is NC(=O)C1COCCN1CC1CCCCO1. The van der Waals surface area contributed by atoms with Crippen LogP contribution in [0.2, 0.25) is 0 Å². The van der Waals surface area contributed by atoms with Crippen LogP contribution in [-0.2, 0) is 14.3 Å². The van der Waals surface area contributed by atoms with E-state index >= 15 is 0 Å². The Morgan fingerprint density at radius 2 is 2.25 bits per heavy atom. The van der Waals surface area contributed by atoms with Gasteiger partial charge in [-0.15, -0.1) is 0 Å². The second-order valence-corrected chi connectivity index (χ2v) is 4.48. The molecule has 2 aliphatic rings. The highest BCUT2D eigenvalue weighted by atomic mass is 16.5. The lowest BCUT2D eigenvalue weighted by Crippen LogP contribution is -2.54. The van der Waals surface area contributed by atoms with Crippen molar-refractivity contribution in [2.45, 2.75) is 31.4 Å². The van der Waals surface area contributed by atoms with Crippen LogP contribution in [0.15, 0.2) is 0 Å². The largest absolute Gasteiger partial charge is 0.378 e. The topological polar surface area (TPSA) is 64.8 Å². The van der Waals surface area contributed by atoms with Gasteiger partial charge in [-0.2, -0.15) is 0 Å². The molecule has 16 heavy (non-hydrogen) atoms. The second kappa shape index (κ2) is 5.61. The van der Waals surface area contributed by atoms with Gasteiger partial charge in [-0.1, -0.05) is 0 Å². The summed E-state index contributed by atoms with van der Waals surface area (Å²) in [6, 6.07) is -0.278. The number of hydrogen-bond acceptors (Lipinski definition) is 4. The predicted octanol–water partition coefficient (Wildman–Crippen LogP) is -0.258. The summed E-state index contributed by atoms with van der Waals surface area (Å²) in [6.45, 7) is 3.51. The van der Waals surface area contributed by atoms with Crippen LogP contribution in [-0.4, -0.2) is 55.9 Å². The molecule has 0 spiro atoms. The number of primary amides is 1. The number of nitrogens with zero attached hydrogens (tertiary/aromatic N) is 1. The van der Waals surface area contributed by atoms with Crippen LogP contribution in [0.5, 0.6) is 0 Å². The Labute approximate surface area is 95.9 Å². The Morgan fingerprint density at radius 1 is 1.38 bits per heavy atom. The molecule has 2 N–H and O–H groups in total. The summed E-state index contributed by atoms with van der Waals surface area (Å²) >= 11 is 0. The summed E-state index contributed by atoms with van der Waals surface area (Å²) in [7, 11) is 0. The fourth-order valence-corrected chi connectivity index (χ4v) is 2.33. The maximum Gasteiger partial charge on any atom is 0.237 e. The maximum absolute atomic E-state index is 11.3. The molecule has 0 bridgehead atoms. The normalized spacial score (nSPS) is 32.5. The monoisotopic (exact) mass is 228 g/mol. The molecule has 0 aromatic rings. The lowest BCUT2D eigenvalue weighted by molar-refractivity contribution is -0.131. The summed E-state index contributed by atoms with van der Waals surface area (Å²) in [5, 5.41) is 0. The first kappa shape index (κ1) is 11.8. The molecule has 2 saturated heterocycles. The van der Waals surface area contributed by atoms with Crippen LogP contribution in [0.3, 0.4) is 0 Å². The van der Waals surface area contributed by atoms with Crippen molar-refractivity contribution >= 4 is 5.91 Å². The highest BCUT2D eigenvalue weighted by Gasteiger charge is 2.30. The molecule has 2 atom stereocenters. The van der Waals surface area contributed by atoms with E-state index < -0.39 is 0 Å². The van der Waals surface area contributed by atoms with Gasteiger partial charge in [0.2, 0.25) is 5.91 Å². The van der Waals surface area contributed by atoms with Gasteiger partial charge in [-0.25, -0.2) is 0 Å². The van der Waals surface area contributed by atoms with Crippen molar-refractivity contribution in [2.24, 2.45) is 5.73 Å². The fourth-order valence-electron chi connectivity index (χ4n) is 2.33. The van der Waals surface area contributed by atoms with E-state index in [4.69, 9.17) is 15.2 Å². The van der Waals surface area contributed by atoms with Gasteiger partial charge < -0.3 is 15.2 Å². The maximum atomic E-state index is 11.3. The van der Waals surface area contributed by atoms with Gasteiger partial charge in [0.1, 0.15) is 6.04 Å². The Kier molecular flexibility index (Phi) is 4.15. The molecule has 0 radical (unpaired) electrons. The van der Waals surface area contributed by atoms with Crippen LogP contribution in [0.1, 0.15) is 19.3 Å². The van der Waals surface area contributed by atoms with E-state index in [2.05, 4.69) is 4.90 Å². The molecule has 2 heterocycles. The van der Waals surface area contributed by atoms with Crippen molar-refractivity contribution in [3.05, 3.63) is 0 Å². The average molecular weight is 228 g/mol. The molecule has 0 aromatic heterocycles. The molecule has 0 aromatic carbocycles. The molecule has 1 amide bonds. The number of nitrogens with two attached hydrogens (primary N) is 1. The molecule has 5 nitrogen and oxygen atoms in total. The van der Waals surface area contributed by atoms with Crippen LogP contribution in [0, 0.1) is 0 Å². The van der Waals surface area contributed by atoms with Gasteiger partial charge in [0.15, 0.2) is 0 Å². The van der Waals surface area contributed by atoms with Gasteiger partial charge in [0.25, 0.3) is 0 Å². The van der Waals surface area contributed by atoms with Gasteiger partial charge in [-0.3, -0.25) is 9.69 Å². The van der Waals surface area contributed by atoms with Crippen LogP contribution >= 0.6 is 0 Å². The quantitative estimate of drug-likeness (QED) is 0.723. The second-order valence-electron chi connectivity index (χ2n) is 4.48. The average Bonchev–Trinajstić information content (AvgIpc) is 2.31. The van der Waals surface area contributed by atoms with E-state index in [1.807, 2.05) is 0 Å². The molecule has 2 aliphatic heterocycles. The summed E-state index contributed by atoms with van der Waals surface area (Å²) in [4.78, 5) is 13.4. The van der Waals surface area contributed by atoms with Crippen molar-refractivity contribution in [1.29, 1.82) is 0 Å². The Hall–Kier alpha value is -0.650. The van der Waals surface area contributed by atoms with Gasteiger partial charge in [-0.05, 0) is 19.3 Å². The Bertz CT molecular complexity index is 241. The van der Waals surface area contributed by atoms with E-state index in [1.165, 1.54) is 6.42 Å². The number of morpholine rings is 1. The minimum absolute atomic E-state index is 0.258. The molecule has 92 valence electrons. The van der Waals surface area contributed by atoms with Crippen LogP contribution in [0.4, 0.5) is 0 Å². The third-order valence-corrected chi connectivity index (χ3v) is 3.28. The molecule has 0 saturated carbocycles. The lowest BCUT2D eigenvalue weighted by Gasteiger charge is -2.36. The van der Waals surface area contributed by atoms with E-state index in [1.54, 1.807) is 0 Å². The smallest absolute Gasteiger partial charge is 0.237 e. The van der Waals surface area contributed by atoms with E-state index in [9.17, 15) is 4.79 Å². The number of amides is 1. The zero-order chi connectivity index (χ0) is 11.4. The first-order chi connectivity index (χ1) is 7.77. The van der Waals surface area contributed by atoms with Gasteiger partial charge >= 0.3 is 0 Å². The number of rotatable bonds is 3. The summed E-state index contributed by atoms with van der Waals surface area (Å²) in [6.07, 6.45) is 3.71. The number of ether oxygens (including phenoxy) is 2. The lowest BCUT2D eigenvalue weighted by atomic mass is 10.1. The van der Waals surface area contributed by atoms with Crippen LogP contribution < -0.4 is 5.73 Å². The van der Waals surface area contributed by atoms with E-state index in [0.29, 0.717) is 13.2 Å². The fraction of sp³-hybridized carbons (Fsp3) is 0.909. The standard InChI is InChI=1S/C11H20N2O3/c12-11(14)10-8-15-6-4-13(10)7-9-3-1-2-5-16-9/h9-10H,1-8H2,(H2,12,14). The zero-order valence-corrected chi connectivity index (χ0v) is 9.56. The number of carbonyl (C=O) groups is 1. The molecular weight excluding hydrogens is 208 g/mol.